The molecule has 0 nitrogen and oxygen atoms in total. The number of hydrogen-bond acceptors (Lipinski definition) is 0. The van der Waals surface area contributed by atoms with Crippen LogP contribution in [0.1, 0.15) is 67.7 Å². The summed E-state index contributed by atoms with van der Waals surface area (Å²) in [6.45, 7) is 16.2. The lowest BCUT2D eigenvalue weighted by Crippen LogP contribution is -2.46. The van der Waals surface area contributed by atoms with Crippen LogP contribution in [0, 0.1) is 0 Å². The van der Waals surface area contributed by atoms with E-state index < -0.39 is 7.38 Å². The third-order valence-corrected chi connectivity index (χ3v) is 13.3. The van der Waals surface area contributed by atoms with E-state index >= 15 is 0 Å². The van der Waals surface area contributed by atoms with Crippen molar-refractivity contribution in [2.24, 2.45) is 0 Å². The molecule has 92 valence electrons. The summed E-state index contributed by atoms with van der Waals surface area (Å²) in [5.74, 6) is 0. The maximum atomic E-state index is 7.07. The van der Waals surface area contributed by atoms with Gasteiger partial charge in [-0.1, -0.05) is 67.7 Å². The Morgan fingerprint density at radius 1 is 0.867 bits per heavy atom. The zero-order chi connectivity index (χ0) is 12.3. The van der Waals surface area contributed by atoms with Crippen LogP contribution in [0.3, 0.4) is 0 Å². The molecule has 0 saturated heterocycles. The molecule has 15 heavy (non-hydrogen) atoms. The van der Waals surface area contributed by atoms with Crippen molar-refractivity contribution < 1.29 is 0 Å². The van der Waals surface area contributed by atoms with Gasteiger partial charge in [0, 0.05) is 0 Å². The highest BCUT2D eigenvalue weighted by Gasteiger charge is 2.51. The van der Waals surface area contributed by atoms with Crippen molar-refractivity contribution in [3.63, 3.8) is 0 Å². The Bertz CT molecular complexity index is 172. The molecule has 0 amide bonds. The van der Waals surface area contributed by atoms with Crippen LogP contribution >= 0.6 is 11.1 Å². The molecule has 0 unspecified atom stereocenters. The molecule has 0 bridgehead atoms. The van der Waals surface area contributed by atoms with Gasteiger partial charge < -0.3 is 0 Å². The van der Waals surface area contributed by atoms with Crippen molar-refractivity contribution in [2.45, 2.75) is 83.8 Å². The van der Waals surface area contributed by atoms with E-state index in [1.54, 1.807) is 0 Å². The minimum absolute atomic E-state index is 0.292. The topological polar surface area (TPSA) is 0 Å². The van der Waals surface area contributed by atoms with Gasteiger partial charge in [0.25, 0.3) is 0 Å². The van der Waals surface area contributed by atoms with Crippen molar-refractivity contribution >= 4 is 18.5 Å². The van der Waals surface area contributed by atoms with Gasteiger partial charge in [0.05, 0.1) is 0 Å². The first-order valence-corrected chi connectivity index (χ1v) is 9.47. The van der Waals surface area contributed by atoms with Crippen molar-refractivity contribution in [3.05, 3.63) is 0 Å². The van der Waals surface area contributed by atoms with Gasteiger partial charge in [0.1, 0.15) is 0 Å². The van der Waals surface area contributed by atoms with Crippen LogP contribution in [0.2, 0.25) is 16.1 Å². The molecular formula is C13H29ClSi. The fourth-order valence-corrected chi connectivity index (χ4v) is 7.38. The van der Waals surface area contributed by atoms with E-state index in [4.69, 9.17) is 11.1 Å². The monoisotopic (exact) mass is 248 g/mol. The second-order valence-electron chi connectivity index (χ2n) is 6.76. The van der Waals surface area contributed by atoms with E-state index in [9.17, 15) is 0 Å². The highest BCUT2D eigenvalue weighted by molar-refractivity contribution is 7.23. The molecule has 0 saturated carbocycles. The van der Waals surface area contributed by atoms with Gasteiger partial charge in [-0.3, -0.25) is 0 Å². The summed E-state index contributed by atoms with van der Waals surface area (Å²) in [4.78, 5) is 0. The molecule has 0 spiro atoms. The van der Waals surface area contributed by atoms with Crippen molar-refractivity contribution in [1.82, 2.24) is 0 Å². The number of rotatable bonds is 4. The molecule has 0 aliphatic carbocycles. The van der Waals surface area contributed by atoms with E-state index in [0.29, 0.717) is 10.1 Å². The van der Waals surface area contributed by atoms with Gasteiger partial charge in [-0.25, -0.2) is 0 Å². The molecule has 0 N–H and O–H groups in total. The average Bonchev–Trinajstić information content (AvgIpc) is 2.00. The Hall–Kier alpha value is 0.507. The molecule has 0 aromatic carbocycles. The van der Waals surface area contributed by atoms with Gasteiger partial charge in [0.2, 0.25) is 0 Å². The molecule has 0 atom stereocenters. The summed E-state index contributed by atoms with van der Waals surface area (Å²) in [5.41, 5.74) is 0. The molecule has 2 heteroatoms. The maximum Gasteiger partial charge on any atom is 0.167 e. The van der Waals surface area contributed by atoms with E-state index in [1.165, 1.54) is 25.3 Å². The fraction of sp³-hybridized carbons (Fsp3) is 1.00. The van der Waals surface area contributed by atoms with E-state index in [0.717, 1.165) is 0 Å². The number of unbranched alkanes of at least 4 members (excludes halogenated alkanes) is 2. The number of hydrogen-bond donors (Lipinski definition) is 0. The largest absolute Gasteiger partial charge is 0.167 e. The third kappa shape index (κ3) is 3.78. The van der Waals surface area contributed by atoms with Gasteiger partial charge in [-0.2, -0.15) is 11.1 Å². The Kier molecular flexibility index (Phi) is 5.40. The van der Waals surface area contributed by atoms with Crippen molar-refractivity contribution in [1.29, 1.82) is 0 Å². The normalized spacial score (nSPS) is 14.4. The quantitative estimate of drug-likeness (QED) is 0.327. The SMILES string of the molecule is CCCCC[Si](Cl)(C(C)(C)C)C(C)(C)C. The Morgan fingerprint density at radius 2 is 1.27 bits per heavy atom. The predicted octanol–water partition coefficient (Wildman–Crippen LogP) is 5.96. The first-order chi connectivity index (χ1) is 6.56. The molecule has 0 heterocycles. The Labute approximate surface area is 103 Å². The summed E-state index contributed by atoms with van der Waals surface area (Å²) in [5, 5.41) is 0.584. The van der Waals surface area contributed by atoms with E-state index in [1.807, 2.05) is 0 Å². The third-order valence-electron chi connectivity index (χ3n) is 3.50. The molecule has 0 aliphatic heterocycles. The zero-order valence-corrected chi connectivity index (χ0v) is 13.5. The van der Waals surface area contributed by atoms with Crippen LogP contribution in [-0.4, -0.2) is 7.38 Å². The van der Waals surface area contributed by atoms with Crippen molar-refractivity contribution in [3.8, 4) is 0 Å². The summed E-state index contributed by atoms with van der Waals surface area (Å²) in [7, 11) is -1.72. The molecule has 0 aromatic heterocycles. The fourth-order valence-electron chi connectivity index (χ4n) is 2.49. The average molecular weight is 249 g/mol. The molecule has 0 rings (SSSR count). The summed E-state index contributed by atoms with van der Waals surface area (Å²) in [6.07, 6.45) is 3.92. The van der Waals surface area contributed by atoms with E-state index in [-0.39, 0.29) is 0 Å². The maximum absolute atomic E-state index is 7.07. The molecule has 0 radical (unpaired) electrons. The van der Waals surface area contributed by atoms with Gasteiger partial charge >= 0.3 is 0 Å². The summed E-state index contributed by atoms with van der Waals surface area (Å²) >= 11 is 7.07. The van der Waals surface area contributed by atoms with Crippen LogP contribution < -0.4 is 0 Å². The Morgan fingerprint density at radius 3 is 1.53 bits per heavy atom. The predicted molar refractivity (Wildman–Crippen MR) is 75.4 cm³/mol. The van der Waals surface area contributed by atoms with Crippen LogP contribution in [0.15, 0.2) is 0 Å². The lowest BCUT2D eigenvalue weighted by atomic mass is 10.2. The van der Waals surface area contributed by atoms with E-state index in [2.05, 4.69) is 48.5 Å². The first kappa shape index (κ1) is 15.5. The lowest BCUT2D eigenvalue weighted by molar-refractivity contribution is 0.614. The lowest BCUT2D eigenvalue weighted by Gasteiger charge is -2.47. The van der Waals surface area contributed by atoms with Gasteiger partial charge in [-0.15, -0.1) is 0 Å². The highest BCUT2D eigenvalue weighted by Crippen LogP contribution is 2.56. The summed E-state index contributed by atoms with van der Waals surface area (Å²) < 4.78 is 0. The van der Waals surface area contributed by atoms with Crippen LogP contribution in [0.4, 0.5) is 0 Å². The molecular weight excluding hydrogens is 220 g/mol. The Balaban J connectivity index is 4.74. The van der Waals surface area contributed by atoms with Gasteiger partial charge in [-0.05, 0) is 16.1 Å². The molecule has 0 aliphatic rings. The second-order valence-corrected chi connectivity index (χ2v) is 13.8. The zero-order valence-electron chi connectivity index (χ0n) is 11.7. The summed E-state index contributed by atoms with van der Waals surface area (Å²) in [6, 6.07) is 1.26. The number of halogens is 1. The van der Waals surface area contributed by atoms with Crippen LogP contribution in [-0.2, 0) is 0 Å². The smallest absolute Gasteiger partial charge is 0.166 e. The highest BCUT2D eigenvalue weighted by atomic mass is 35.6. The van der Waals surface area contributed by atoms with Crippen molar-refractivity contribution in [2.75, 3.05) is 0 Å². The van der Waals surface area contributed by atoms with Crippen LogP contribution in [0.25, 0.3) is 0 Å². The van der Waals surface area contributed by atoms with Crippen LogP contribution in [0.5, 0.6) is 0 Å². The minimum Gasteiger partial charge on any atom is -0.166 e. The minimum atomic E-state index is -1.72. The van der Waals surface area contributed by atoms with Gasteiger partial charge in [0.15, 0.2) is 7.38 Å². The second kappa shape index (κ2) is 5.22. The molecule has 0 aromatic rings. The molecule has 0 fully saturated rings. The first-order valence-electron chi connectivity index (χ1n) is 6.25. The standard InChI is InChI=1S/C13H29ClSi/c1-8-9-10-11-15(14,12(2,3)4)13(5,6)7/h8-11H2,1-7H3.